The van der Waals surface area contributed by atoms with Crippen molar-refractivity contribution in [3.63, 3.8) is 0 Å². The van der Waals surface area contributed by atoms with Gasteiger partial charge < -0.3 is 0 Å². The summed E-state index contributed by atoms with van der Waals surface area (Å²) in [4.78, 5) is 24.9. The molecule has 0 radical (unpaired) electrons. The number of benzene rings is 1. The molecule has 3 rings (SSSR count). The van der Waals surface area contributed by atoms with Crippen LogP contribution in [-0.2, 0) is 19.4 Å². The summed E-state index contributed by atoms with van der Waals surface area (Å²) in [5, 5.41) is 3.15. The molecule has 2 atom stereocenters. The van der Waals surface area contributed by atoms with Crippen LogP contribution in [0.5, 0.6) is 0 Å². The maximum atomic E-state index is 12.1. The molecule has 112 valence electrons. The second-order valence-electron chi connectivity index (χ2n) is 5.41. The van der Waals surface area contributed by atoms with Gasteiger partial charge in [-0.05, 0) is 18.1 Å². The molecular formula is C14H16N2O4S. The number of imide groups is 1. The third kappa shape index (κ3) is 2.36. The number of carbonyl (C=O) groups is 2. The molecule has 0 saturated carbocycles. The van der Waals surface area contributed by atoms with Crippen LogP contribution >= 0.6 is 0 Å². The summed E-state index contributed by atoms with van der Waals surface area (Å²) >= 11 is 0. The molecule has 2 unspecified atom stereocenters. The maximum absolute atomic E-state index is 12.1. The highest BCUT2D eigenvalue weighted by Gasteiger charge is 2.39. The minimum absolute atomic E-state index is 0.0480. The third-order valence-corrected chi connectivity index (χ3v) is 5.90. The Bertz CT molecular complexity index is 713. The van der Waals surface area contributed by atoms with Gasteiger partial charge in [0.1, 0.15) is 0 Å². The quantitative estimate of drug-likeness (QED) is 0.792. The fourth-order valence-electron chi connectivity index (χ4n) is 2.89. The molecule has 0 bridgehead atoms. The fraction of sp³-hybridized carbons (Fsp3) is 0.429. The van der Waals surface area contributed by atoms with E-state index < -0.39 is 15.9 Å². The molecule has 21 heavy (non-hydrogen) atoms. The van der Waals surface area contributed by atoms with E-state index in [0.29, 0.717) is 16.9 Å². The highest BCUT2D eigenvalue weighted by molar-refractivity contribution is 7.91. The number of nitrogens with zero attached hydrogens (tertiary/aromatic N) is 1. The number of hydrogen-bond acceptors (Lipinski definition) is 5. The molecule has 2 aliphatic rings. The topological polar surface area (TPSA) is 83.6 Å². The Balaban J connectivity index is 1.88. The van der Waals surface area contributed by atoms with Crippen LogP contribution < -0.4 is 5.32 Å². The summed E-state index contributed by atoms with van der Waals surface area (Å²) in [7, 11) is -1.78. The lowest BCUT2D eigenvalue weighted by Gasteiger charge is -2.28. The van der Waals surface area contributed by atoms with Crippen molar-refractivity contribution in [2.24, 2.45) is 0 Å². The number of fused-ring (bicyclic) bond motifs is 1. The molecule has 1 fully saturated rings. The molecule has 1 aromatic rings. The lowest BCUT2D eigenvalue weighted by atomic mass is 10.0. The van der Waals surface area contributed by atoms with Crippen molar-refractivity contribution < 1.29 is 18.0 Å². The lowest BCUT2D eigenvalue weighted by molar-refractivity contribution is -0.137. The Morgan fingerprint density at radius 3 is 2.57 bits per heavy atom. The van der Waals surface area contributed by atoms with E-state index in [2.05, 4.69) is 5.32 Å². The van der Waals surface area contributed by atoms with Crippen molar-refractivity contribution in [2.75, 3.05) is 12.8 Å². The van der Waals surface area contributed by atoms with Gasteiger partial charge in [-0.2, -0.15) is 0 Å². The van der Waals surface area contributed by atoms with E-state index in [4.69, 9.17) is 0 Å². The largest absolute Gasteiger partial charge is 0.298 e. The standard InChI is InChI=1S/C14H16N2O4S/c1-16-13(17)8-11(14(16)18)15-10-6-7-21(19,20)12-5-3-2-4-9(10)12/h2-5,10-11,15H,6-8H2,1H3. The average Bonchev–Trinajstić information content (AvgIpc) is 2.70. The Morgan fingerprint density at radius 1 is 1.19 bits per heavy atom. The van der Waals surface area contributed by atoms with Crippen molar-refractivity contribution in [2.45, 2.75) is 29.8 Å². The summed E-state index contributed by atoms with van der Waals surface area (Å²) in [6.45, 7) is 0. The molecule has 1 saturated heterocycles. The van der Waals surface area contributed by atoms with Crippen LogP contribution in [0.15, 0.2) is 29.2 Å². The van der Waals surface area contributed by atoms with Crippen LogP contribution in [0.2, 0.25) is 0 Å². The van der Waals surface area contributed by atoms with Crippen LogP contribution in [-0.4, -0.2) is 44.0 Å². The van der Waals surface area contributed by atoms with Crippen molar-refractivity contribution in [1.82, 2.24) is 10.2 Å². The van der Waals surface area contributed by atoms with Gasteiger partial charge in [0, 0.05) is 13.1 Å². The van der Waals surface area contributed by atoms with Crippen LogP contribution in [0.25, 0.3) is 0 Å². The maximum Gasteiger partial charge on any atom is 0.246 e. The zero-order valence-electron chi connectivity index (χ0n) is 11.6. The molecule has 0 spiro atoms. The van der Waals surface area contributed by atoms with E-state index in [0.717, 1.165) is 4.90 Å². The van der Waals surface area contributed by atoms with Gasteiger partial charge in [0.2, 0.25) is 11.8 Å². The Kier molecular flexibility index (Phi) is 3.33. The SMILES string of the molecule is CN1C(=O)CC(NC2CCS(=O)(=O)c3ccccc32)C1=O. The summed E-state index contributed by atoms with van der Waals surface area (Å²) in [6, 6.07) is 6.03. The molecule has 2 amide bonds. The van der Waals surface area contributed by atoms with Crippen molar-refractivity contribution in [3.8, 4) is 0 Å². The summed E-state index contributed by atoms with van der Waals surface area (Å²) < 4.78 is 24.1. The van der Waals surface area contributed by atoms with Crippen molar-refractivity contribution >= 4 is 21.7 Å². The first-order valence-corrected chi connectivity index (χ1v) is 8.43. The number of rotatable bonds is 2. The monoisotopic (exact) mass is 308 g/mol. The van der Waals surface area contributed by atoms with Gasteiger partial charge in [0.15, 0.2) is 9.84 Å². The normalized spacial score (nSPS) is 27.8. The lowest BCUT2D eigenvalue weighted by Crippen LogP contribution is -2.41. The predicted molar refractivity (Wildman–Crippen MR) is 75.2 cm³/mol. The van der Waals surface area contributed by atoms with Gasteiger partial charge in [-0.3, -0.25) is 19.8 Å². The first kappa shape index (κ1) is 14.2. The Hall–Kier alpha value is -1.73. The van der Waals surface area contributed by atoms with Gasteiger partial charge in [0.05, 0.1) is 23.1 Å². The molecule has 1 aromatic carbocycles. The number of likely N-dealkylation sites (N-methyl/N-ethyl adjacent to an activating group) is 1. The van der Waals surface area contributed by atoms with Gasteiger partial charge >= 0.3 is 0 Å². The van der Waals surface area contributed by atoms with Crippen LogP contribution in [0.4, 0.5) is 0 Å². The molecule has 2 heterocycles. The van der Waals surface area contributed by atoms with Crippen LogP contribution in [0.1, 0.15) is 24.4 Å². The minimum atomic E-state index is -3.25. The molecule has 2 aliphatic heterocycles. The van der Waals surface area contributed by atoms with E-state index in [1.807, 2.05) is 0 Å². The number of likely N-dealkylation sites (tertiary alicyclic amines) is 1. The second kappa shape index (κ2) is 4.92. The zero-order valence-corrected chi connectivity index (χ0v) is 12.4. The number of amides is 2. The highest BCUT2D eigenvalue weighted by atomic mass is 32.2. The van der Waals surface area contributed by atoms with Gasteiger partial charge in [-0.1, -0.05) is 18.2 Å². The Morgan fingerprint density at radius 2 is 1.90 bits per heavy atom. The Labute approximate surface area is 123 Å². The number of carbonyl (C=O) groups excluding carboxylic acids is 2. The van der Waals surface area contributed by atoms with Gasteiger partial charge in [-0.15, -0.1) is 0 Å². The van der Waals surface area contributed by atoms with E-state index in [9.17, 15) is 18.0 Å². The first-order valence-electron chi connectivity index (χ1n) is 6.78. The van der Waals surface area contributed by atoms with E-state index in [1.54, 1.807) is 24.3 Å². The van der Waals surface area contributed by atoms with Crippen LogP contribution in [0, 0.1) is 0 Å². The smallest absolute Gasteiger partial charge is 0.246 e. The zero-order chi connectivity index (χ0) is 15.2. The number of hydrogen-bond donors (Lipinski definition) is 1. The molecule has 0 aliphatic carbocycles. The number of nitrogens with one attached hydrogen (secondary N) is 1. The van der Waals surface area contributed by atoms with Crippen LogP contribution in [0.3, 0.4) is 0 Å². The molecular weight excluding hydrogens is 292 g/mol. The summed E-state index contributed by atoms with van der Waals surface area (Å²) in [5.74, 6) is -0.424. The minimum Gasteiger partial charge on any atom is -0.298 e. The first-order chi connectivity index (χ1) is 9.90. The average molecular weight is 308 g/mol. The van der Waals surface area contributed by atoms with Gasteiger partial charge in [-0.25, -0.2) is 8.42 Å². The molecule has 0 aromatic heterocycles. The van der Waals surface area contributed by atoms with Crippen molar-refractivity contribution in [3.05, 3.63) is 29.8 Å². The van der Waals surface area contributed by atoms with E-state index >= 15 is 0 Å². The second-order valence-corrected chi connectivity index (χ2v) is 7.49. The van der Waals surface area contributed by atoms with E-state index in [1.165, 1.54) is 7.05 Å². The van der Waals surface area contributed by atoms with Crippen molar-refractivity contribution in [1.29, 1.82) is 0 Å². The third-order valence-electron chi connectivity index (χ3n) is 4.09. The van der Waals surface area contributed by atoms with Gasteiger partial charge in [0.25, 0.3) is 0 Å². The number of sulfone groups is 1. The summed E-state index contributed by atoms with van der Waals surface area (Å²) in [6.07, 6.45) is 0.530. The predicted octanol–water partition coefficient (Wildman–Crippen LogP) is 0.252. The molecule has 7 heteroatoms. The summed E-state index contributed by atoms with van der Waals surface area (Å²) in [5.41, 5.74) is 0.679. The molecule has 1 N–H and O–H groups in total. The molecule has 6 nitrogen and oxygen atoms in total. The van der Waals surface area contributed by atoms with E-state index in [-0.39, 0.29) is 30.0 Å². The fourth-order valence-corrected chi connectivity index (χ4v) is 4.51. The highest BCUT2D eigenvalue weighted by Crippen LogP contribution is 2.32.